The van der Waals surface area contributed by atoms with Crippen LogP contribution in [-0.4, -0.2) is 46.3 Å². The van der Waals surface area contributed by atoms with Crippen LogP contribution in [0, 0.1) is 0 Å². The lowest BCUT2D eigenvalue weighted by Gasteiger charge is -2.15. The maximum Gasteiger partial charge on any atom is 0.165 e. The van der Waals surface area contributed by atoms with Gasteiger partial charge in [0.25, 0.3) is 0 Å². The van der Waals surface area contributed by atoms with Gasteiger partial charge in [0.1, 0.15) is 0 Å². The summed E-state index contributed by atoms with van der Waals surface area (Å²) in [5.74, 6) is 1.46. The zero-order chi connectivity index (χ0) is 15.0. The van der Waals surface area contributed by atoms with E-state index in [1.807, 2.05) is 6.07 Å². The molecule has 0 aromatic heterocycles. The minimum atomic E-state index is 0.438. The summed E-state index contributed by atoms with van der Waals surface area (Å²) in [6.45, 7) is 3.33. The highest BCUT2D eigenvalue weighted by atomic mass is 16.5. The minimum absolute atomic E-state index is 0.438. The fourth-order valence-corrected chi connectivity index (χ4v) is 2.11. The van der Waals surface area contributed by atoms with Crippen LogP contribution in [0.4, 0.5) is 0 Å². The van der Waals surface area contributed by atoms with Crippen molar-refractivity contribution >= 4 is 0 Å². The Balaban J connectivity index is 2.62. The van der Waals surface area contributed by atoms with E-state index in [2.05, 4.69) is 30.4 Å². The van der Waals surface area contributed by atoms with E-state index >= 15 is 0 Å². The molecule has 0 radical (unpaired) electrons. The van der Waals surface area contributed by atoms with Crippen LogP contribution in [0.5, 0.6) is 11.5 Å². The number of ether oxygens (including phenoxy) is 2. The third-order valence-corrected chi connectivity index (χ3v) is 3.12. The summed E-state index contributed by atoms with van der Waals surface area (Å²) >= 11 is 0. The van der Waals surface area contributed by atoms with E-state index in [1.54, 1.807) is 14.2 Å². The van der Waals surface area contributed by atoms with Crippen LogP contribution < -0.4 is 20.5 Å². The molecule has 0 atom stereocenters. The van der Waals surface area contributed by atoms with Gasteiger partial charge in [0.15, 0.2) is 11.5 Å². The Bertz CT molecular complexity index is 383. The van der Waals surface area contributed by atoms with Crippen molar-refractivity contribution in [3.8, 4) is 11.5 Å². The minimum Gasteiger partial charge on any atom is -0.493 e. The fraction of sp³-hybridized carbons (Fsp3) is 0.600. The van der Waals surface area contributed by atoms with E-state index in [0.29, 0.717) is 6.54 Å². The highest BCUT2D eigenvalue weighted by Gasteiger charge is 2.11. The largest absolute Gasteiger partial charge is 0.493 e. The first-order valence-electron chi connectivity index (χ1n) is 6.91. The molecule has 0 aliphatic carbocycles. The smallest absolute Gasteiger partial charge is 0.165 e. The molecule has 0 bridgehead atoms. The Morgan fingerprint density at radius 3 is 2.50 bits per heavy atom. The number of methoxy groups -OCH3 is 2. The van der Waals surface area contributed by atoms with E-state index in [-0.39, 0.29) is 0 Å². The lowest BCUT2D eigenvalue weighted by molar-refractivity contribution is 0.351. The number of nitrogens with two attached hydrogens (primary N) is 1. The molecule has 1 aromatic carbocycles. The van der Waals surface area contributed by atoms with E-state index < -0.39 is 0 Å². The SMILES string of the molecule is COc1cc(CNCCCN(C)C)cc(CN)c1OC. The van der Waals surface area contributed by atoms with Crippen molar-refractivity contribution in [2.24, 2.45) is 5.73 Å². The zero-order valence-electron chi connectivity index (χ0n) is 13.0. The molecule has 0 spiro atoms. The molecule has 20 heavy (non-hydrogen) atoms. The van der Waals surface area contributed by atoms with Crippen molar-refractivity contribution in [1.29, 1.82) is 0 Å². The molecule has 0 saturated heterocycles. The first-order chi connectivity index (χ1) is 9.62. The molecule has 0 saturated carbocycles. The van der Waals surface area contributed by atoms with Gasteiger partial charge in [0.05, 0.1) is 14.2 Å². The van der Waals surface area contributed by atoms with Gasteiger partial charge in [-0.15, -0.1) is 0 Å². The van der Waals surface area contributed by atoms with Gasteiger partial charge < -0.3 is 25.4 Å². The lowest BCUT2D eigenvalue weighted by atomic mass is 10.1. The number of benzene rings is 1. The molecule has 0 unspecified atom stereocenters. The summed E-state index contributed by atoms with van der Waals surface area (Å²) in [6.07, 6.45) is 1.13. The Labute approximate surface area is 122 Å². The highest BCUT2D eigenvalue weighted by Crippen LogP contribution is 2.32. The molecule has 1 rings (SSSR count). The Morgan fingerprint density at radius 2 is 1.95 bits per heavy atom. The van der Waals surface area contributed by atoms with Crippen molar-refractivity contribution in [1.82, 2.24) is 10.2 Å². The molecule has 5 nitrogen and oxygen atoms in total. The molecule has 0 fully saturated rings. The first kappa shape index (κ1) is 16.8. The van der Waals surface area contributed by atoms with Gasteiger partial charge in [-0.2, -0.15) is 0 Å². The monoisotopic (exact) mass is 281 g/mol. The number of nitrogens with zero attached hydrogens (tertiary/aromatic N) is 1. The molecule has 3 N–H and O–H groups in total. The average molecular weight is 281 g/mol. The molecule has 114 valence electrons. The summed E-state index contributed by atoms with van der Waals surface area (Å²) in [5.41, 5.74) is 7.90. The second-order valence-corrected chi connectivity index (χ2v) is 5.03. The Kier molecular flexibility index (Phi) is 7.36. The lowest BCUT2D eigenvalue weighted by Crippen LogP contribution is -2.21. The second kappa shape index (κ2) is 8.79. The highest BCUT2D eigenvalue weighted by molar-refractivity contribution is 5.49. The number of rotatable bonds is 9. The predicted octanol–water partition coefficient (Wildman–Crippen LogP) is 1.20. The molecule has 0 aliphatic rings. The second-order valence-electron chi connectivity index (χ2n) is 5.03. The third kappa shape index (κ3) is 5.00. The quantitative estimate of drug-likeness (QED) is 0.666. The van der Waals surface area contributed by atoms with E-state index in [9.17, 15) is 0 Å². The zero-order valence-corrected chi connectivity index (χ0v) is 13.0. The third-order valence-electron chi connectivity index (χ3n) is 3.12. The van der Waals surface area contributed by atoms with Gasteiger partial charge in [0.2, 0.25) is 0 Å². The summed E-state index contributed by atoms with van der Waals surface area (Å²) in [6, 6.07) is 4.07. The van der Waals surface area contributed by atoms with E-state index in [0.717, 1.165) is 48.7 Å². The standard InChI is InChI=1S/C15H27N3O2/c1-18(2)7-5-6-17-11-12-8-13(10-16)15(20-4)14(9-12)19-3/h8-9,17H,5-7,10-11,16H2,1-4H3. The molecule has 0 amide bonds. The van der Waals surface area contributed by atoms with Crippen LogP contribution in [0.3, 0.4) is 0 Å². The van der Waals surface area contributed by atoms with Crippen LogP contribution >= 0.6 is 0 Å². The van der Waals surface area contributed by atoms with Gasteiger partial charge in [-0.3, -0.25) is 0 Å². The topological polar surface area (TPSA) is 59.8 Å². The van der Waals surface area contributed by atoms with Gasteiger partial charge in [0, 0.05) is 18.7 Å². The van der Waals surface area contributed by atoms with Crippen molar-refractivity contribution in [2.45, 2.75) is 19.5 Å². The summed E-state index contributed by atoms with van der Waals surface area (Å²) in [4.78, 5) is 2.19. The van der Waals surface area contributed by atoms with Crippen LogP contribution in [0.2, 0.25) is 0 Å². The number of hydrogen-bond acceptors (Lipinski definition) is 5. The molecular formula is C15H27N3O2. The van der Waals surface area contributed by atoms with Gasteiger partial charge in [-0.25, -0.2) is 0 Å². The first-order valence-corrected chi connectivity index (χ1v) is 6.91. The molecule has 0 heterocycles. The summed E-state index contributed by atoms with van der Waals surface area (Å²) in [7, 11) is 7.45. The van der Waals surface area contributed by atoms with Crippen LogP contribution in [0.25, 0.3) is 0 Å². The summed E-state index contributed by atoms with van der Waals surface area (Å²) in [5, 5.41) is 3.43. The maximum absolute atomic E-state index is 5.77. The number of hydrogen-bond donors (Lipinski definition) is 2. The molecule has 1 aromatic rings. The molecule has 5 heteroatoms. The van der Waals surface area contributed by atoms with Crippen molar-refractivity contribution in [3.63, 3.8) is 0 Å². The normalized spacial score (nSPS) is 10.9. The maximum atomic E-state index is 5.77. The molecular weight excluding hydrogens is 254 g/mol. The van der Waals surface area contributed by atoms with Crippen molar-refractivity contribution in [2.75, 3.05) is 41.4 Å². The predicted molar refractivity (Wildman–Crippen MR) is 82.3 cm³/mol. The fourth-order valence-electron chi connectivity index (χ4n) is 2.11. The number of nitrogens with one attached hydrogen (secondary N) is 1. The van der Waals surface area contributed by atoms with Crippen LogP contribution in [-0.2, 0) is 13.1 Å². The van der Waals surface area contributed by atoms with Crippen LogP contribution in [0.15, 0.2) is 12.1 Å². The van der Waals surface area contributed by atoms with E-state index in [1.165, 1.54) is 0 Å². The van der Waals surface area contributed by atoms with Crippen molar-refractivity contribution in [3.05, 3.63) is 23.3 Å². The Hall–Kier alpha value is -1.30. The van der Waals surface area contributed by atoms with E-state index in [4.69, 9.17) is 15.2 Å². The van der Waals surface area contributed by atoms with Crippen LogP contribution in [0.1, 0.15) is 17.5 Å². The van der Waals surface area contributed by atoms with Gasteiger partial charge >= 0.3 is 0 Å². The molecule has 0 aliphatic heterocycles. The average Bonchev–Trinajstić information content (AvgIpc) is 2.45. The Morgan fingerprint density at radius 1 is 1.20 bits per heavy atom. The van der Waals surface area contributed by atoms with Crippen molar-refractivity contribution < 1.29 is 9.47 Å². The van der Waals surface area contributed by atoms with Gasteiger partial charge in [-0.1, -0.05) is 0 Å². The van der Waals surface area contributed by atoms with Gasteiger partial charge in [-0.05, 0) is 51.3 Å². The summed E-state index contributed by atoms with van der Waals surface area (Å²) < 4.78 is 10.7.